The van der Waals surface area contributed by atoms with Gasteiger partial charge in [-0.2, -0.15) is 5.10 Å². The van der Waals surface area contributed by atoms with Crippen molar-refractivity contribution in [3.05, 3.63) is 16.6 Å². The summed E-state index contributed by atoms with van der Waals surface area (Å²) in [7, 11) is 1.92. The maximum atomic E-state index is 12.6. The van der Waals surface area contributed by atoms with E-state index in [0.717, 1.165) is 40.3 Å². The number of nitrogens with zero attached hydrogens (tertiary/aromatic N) is 3. The predicted octanol–water partition coefficient (Wildman–Crippen LogP) is 3.43. The van der Waals surface area contributed by atoms with Crippen LogP contribution in [0.2, 0.25) is 0 Å². The maximum Gasteiger partial charge on any atom is 0.261 e. The lowest BCUT2D eigenvalue weighted by molar-refractivity contribution is 0.0933. The molecule has 1 N–H and O–H groups in total. The van der Waals surface area contributed by atoms with Gasteiger partial charge in [-0.05, 0) is 38.4 Å². The molecule has 134 valence electrons. The van der Waals surface area contributed by atoms with E-state index in [2.05, 4.69) is 43.0 Å². The molecule has 24 heavy (non-hydrogen) atoms. The Morgan fingerprint density at radius 3 is 2.58 bits per heavy atom. The van der Waals surface area contributed by atoms with E-state index in [-0.39, 0.29) is 5.91 Å². The standard InChI is InChI=1S/C18H30N4OS/c1-7-22(8-2)14(9-12(3)4)11-19-17(23)16-10-15-13(5)20-21(6)18(15)24-16/h10,12,14H,7-9,11H2,1-6H3,(H,19,23). The van der Waals surface area contributed by atoms with Gasteiger partial charge in [0.25, 0.3) is 5.91 Å². The molecule has 2 aromatic heterocycles. The zero-order valence-corrected chi connectivity index (χ0v) is 16.5. The van der Waals surface area contributed by atoms with Gasteiger partial charge >= 0.3 is 0 Å². The van der Waals surface area contributed by atoms with Gasteiger partial charge in [0.05, 0.1) is 10.6 Å². The quantitative estimate of drug-likeness (QED) is 0.793. The van der Waals surface area contributed by atoms with Crippen LogP contribution in [0, 0.1) is 12.8 Å². The summed E-state index contributed by atoms with van der Waals surface area (Å²) in [4.78, 5) is 16.8. The molecule has 1 unspecified atom stereocenters. The Hall–Kier alpha value is -1.40. The first-order valence-electron chi connectivity index (χ1n) is 8.82. The monoisotopic (exact) mass is 350 g/mol. The van der Waals surface area contributed by atoms with Gasteiger partial charge in [-0.15, -0.1) is 11.3 Å². The number of hydrogen-bond acceptors (Lipinski definition) is 4. The molecule has 0 fully saturated rings. The third-order valence-electron chi connectivity index (χ3n) is 4.49. The van der Waals surface area contributed by atoms with Gasteiger partial charge in [0.1, 0.15) is 4.83 Å². The van der Waals surface area contributed by atoms with Gasteiger partial charge in [0.2, 0.25) is 0 Å². The molecule has 0 bridgehead atoms. The molecule has 0 radical (unpaired) electrons. The highest BCUT2D eigenvalue weighted by molar-refractivity contribution is 7.20. The van der Waals surface area contributed by atoms with E-state index in [1.165, 1.54) is 11.3 Å². The molecule has 0 spiro atoms. The molecule has 0 saturated heterocycles. The molecule has 0 aliphatic carbocycles. The van der Waals surface area contributed by atoms with E-state index in [1.54, 1.807) is 0 Å². The zero-order chi connectivity index (χ0) is 17.9. The lowest BCUT2D eigenvalue weighted by atomic mass is 10.0. The number of rotatable bonds is 8. The van der Waals surface area contributed by atoms with Crippen LogP contribution in [0.4, 0.5) is 0 Å². The van der Waals surface area contributed by atoms with Crippen LogP contribution in [0.15, 0.2) is 6.07 Å². The Kier molecular flexibility index (Phi) is 6.40. The van der Waals surface area contributed by atoms with Crippen LogP contribution in [-0.4, -0.2) is 46.3 Å². The third kappa shape index (κ3) is 4.16. The first-order valence-corrected chi connectivity index (χ1v) is 9.64. The number of carbonyl (C=O) groups excluding carboxylic acids is 1. The molecule has 1 amide bonds. The minimum Gasteiger partial charge on any atom is -0.350 e. The number of nitrogens with one attached hydrogen (secondary N) is 1. The first-order chi connectivity index (χ1) is 11.4. The minimum atomic E-state index is 0.0245. The molecule has 2 aromatic rings. The fraction of sp³-hybridized carbons (Fsp3) is 0.667. The Labute approximate surface area is 149 Å². The van der Waals surface area contributed by atoms with Crippen LogP contribution < -0.4 is 5.32 Å². The third-order valence-corrected chi connectivity index (χ3v) is 5.69. The highest BCUT2D eigenvalue weighted by Gasteiger charge is 2.20. The Morgan fingerprint density at radius 1 is 1.38 bits per heavy atom. The lowest BCUT2D eigenvalue weighted by Crippen LogP contribution is -2.44. The average molecular weight is 351 g/mol. The summed E-state index contributed by atoms with van der Waals surface area (Å²) >= 11 is 1.51. The van der Waals surface area contributed by atoms with Crippen LogP contribution in [0.3, 0.4) is 0 Å². The summed E-state index contributed by atoms with van der Waals surface area (Å²) in [5.41, 5.74) is 0.976. The second-order valence-corrected chi connectivity index (χ2v) is 7.78. The number of hydrogen-bond donors (Lipinski definition) is 1. The van der Waals surface area contributed by atoms with E-state index in [9.17, 15) is 4.79 Å². The Morgan fingerprint density at radius 2 is 2.04 bits per heavy atom. The van der Waals surface area contributed by atoms with Crippen LogP contribution in [0.5, 0.6) is 0 Å². The number of likely N-dealkylation sites (N-methyl/N-ethyl adjacent to an activating group) is 1. The maximum absolute atomic E-state index is 12.6. The van der Waals surface area contributed by atoms with Crippen LogP contribution >= 0.6 is 11.3 Å². The van der Waals surface area contributed by atoms with E-state index in [4.69, 9.17) is 0 Å². The number of fused-ring (bicyclic) bond motifs is 1. The Bertz CT molecular complexity index is 650. The largest absolute Gasteiger partial charge is 0.350 e. The van der Waals surface area contributed by atoms with Crippen molar-refractivity contribution >= 4 is 27.5 Å². The van der Waals surface area contributed by atoms with Gasteiger partial charge in [-0.3, -0.25) is 14.4 Å². The summed E-state index contributed by atoms with van der Waals surface area (Å²) in [6, 6.07) is 2.36. The van der Waals surface area contributed by atoms with Crippen molar-refractivity contribution in [2.45, 2.75) is 47.1 Å². The summed E-state index contributed by atoms with van der Waals surface area (Å²) in [6.07, 6.45) is 1.09. The smallest absolute Gasteiger partial charge is 0.261 e. The summed E-state index contributed by atoms with van der Waals surface area (Å²) in [5.74, 6) is 0.641. The SMILES string of the molecule is CCN(CC)C(CNC(=O)c1cc2c(C)nn(C)c2s1)CC(C)C. The molecular formula is C18H30N4OS. The zero-order valence-electron chi connectivity index (χ0n) is 15.7. The average Bonchev–Trinajstić information content (AvgIpc) is 3.07. The van der Waals surface area contributed by atoms with Gasteiger partial charge in [-0.25, -0.2) is 0 Å². The summed E-state index contributed by atoms with van der Waals surface area (Å²) < 4.78 is 1.85. The molecule has 0 aromatic carbocycles. The van der Waals surface area contributed by atoms with Crippen LogP contribution in [-0.2, 0) is 7.05 Å². The van der Waals surface area contributed by atoms with Crippen molar-refractivity contribution in [3.8, 4) is 0 Å². The first kappa shape index (κ1) is 18.9. The predicted molar refractivity (Wildman–Crippen MR) is 102 cm³/mol. The van der Waals surface area contributed by atoms with Crippen LogP contribution in [0.1, 0.15) is 49.5 Å². The number of amides is 1. The van der Waals surface area contributed by atoms with Crippen molar-refractivity contribution in [1.82, 2.24) is 20.0 Å². The van der Waals surface area contributed by atoms with Gasteiger partial charge < -0.3 is 5.32 Å². The molecule has 5 nitrogen and oxygen atoms in total. The normalized spacial score (nSPS) is 13.2. The molecule has 1 atom stereocenters. The van der Waals surface area contributed by atoms with E-state index < -0.39 is 0 Å². The number of carbonyl (C=O) groups is 1. The van der Waals surface area contributed by atoms with E-state index >= 15 is 0 Å². The highest BCUT2D eigenvalue weighted by Crippen LogP contribution is 2.27. The van der Waals surface area contributed by atoms with Crippen LogP contribution in [0.25, 0.3) is 10.2 Å². The fourth-order valence-corrected chi connectivity index (χ4v) is 4.30. The van der Waals surface area contributed by atoms with Gasteiger partial charge in [0.15, 0.2) is 0 Å². The topological polar surface area (TPSA) is 50.2 Å². The van der Waals surface area contributed by atoms with Crippen molar-refractivity contribution in [2.75, 3.05) is 19.6 Å². The second-order valence-electron chi connectivity index (χ2n) is 6.75. The van der Waals surface area contributed by atoms with E-state index in [1.807, 2.05) is 24.7 Å². The van der Waals surface area contributed by atoms with Gasteiger partial charge in [0, 0.05) is 25.0 Å². The Balaban J connectivity index is 2.07. The van der Waals surface area contributed by atoms with Crippen molar-refractivity contribution in [1.29, 1.82) is 0 Å². The number of thiophene rings is 1. The number of aromatic nitrogens is 2. The molecule has 0 saturated carbocycles. The molecule has 2 heterocycles. The molecule has 6 heteroatoms. The molecule has 0 aliphatic heterocycles. The van der Waals surface area contributed by atoms with E-state index in [0.29, 0.717) is 18.5 Å². The highest BCUT2D eigenvalue weighted by atomic mass is 32.1. The molecular weight excluding hydrogens is 320 g/mol. The molecule has 2 rings (SSSR count). The summed E-state index contributed by atoms with van der Waals surface area (Å²) in [5, 5.41) is 8.61. The second kappa shape index (κ2) is 8.12. The van der Waals surface area contributed by atoms with Crippen molar-refractivity contribution < 1.29 is 4.79 Å². The van der Waals surface area contributed by atoms with Gasteiger partial charge in [-0.1, -0.05) is 27.7 Å². The summed E-state index contributed by atoms with van der Waals surface area (Å²) in [6.45, 7) is 13.5. The molecule has 0 aliphatic rings. The van der Waals surface area contributed by atoms with Crippen molar-refractivity contribution in [2.24, 2.45) is 13.0 Å². The lowest BCUT2D eigenvalue weighted by Gasteiger charge is -2.31. The fourth-order valence-electron chi connectivity index (χ4n) is 3.26. The van der Waals surface area contributed by atoms with Crippen molar-refractivity contribution in [3.63, 3.8) is 0 Å². The minimum absolute atomic E-state index is 0.0245. The number of aryl methyl sites for hydroxylation is 2.